The topological polar surface area (TPSA) is 55.8 Å². The summed E-state index contributed by atoms with van der Waals surface area (Å²) in [7, 11) is 0. The number of hydrogen-bond donors (Lipinski definition) is 1. The lowest BCUT2D eigenvalue weighted by atomic mass is 10.1. The molecule has 0 amide bonds. The SMILES string of the molecule is O=C(O)[C@@H]1OCOc2ccccc21. The Kier molecular flexibility index (Phi) is 1.90. The summed E-state index contributed by atoms with van der Waals surface area (Å²) >= 11 is 0. The monoisotopic (exact) mass is 180 g/mol. The summed E-state index contributed by atoms with van der Waals surface area (Å²) in [6, 6.07) is 6.97. The fourth-order valence-corrected chi connectivity index (χ4v) is 1.29. The van der Waals surface area contributed by atoms with Crippen molar-refractivity contribution in [1.29, 1.82) is 0 Å². The minimum Gasteiger partial charge on any atom is -0.479 e. The van der Waals surface area contributed by atoms with Crippen LogP contribution in [0, 0.1) is 0 Å². The van der Waals surface area contributed by atoms with Crippen LogP contribution in [-0.2, 0) is 9.53 Å². The van der Waals surface area contributed by atoms with Crippen LogP contribution in [-0.4, -0.2) is 17.9 Å². The van der Waals surface area contributed by atoms with Crippen LogP contribution in [0.3, 0.4) is 0 Å². The van der Waals surface area contributed by atoms with Crippen molar-refractivity contribution in [2.45, 2.75) is 6.10 Å². The van der Waals surface area contributed by atoms with Crippen molar-refractivity contribution in [1.82, 2.24) is 0 Å². The van der Waals surface area contributed by atoms with Crippen molar-refractivity contribution in [3.8, 4) is 5.75 Å². The first-order valence-electron chi connectivity index (χ1n) is 3.85. The van der Waals surface area contributed by atoms with Gasteiger partial charge in [-0.2, -0.15) is 0 Å². The van der Waals surface area contributed by atoms with Crippen LogP contribution in [0.15, 0.2) is 24.3 Å². The predicted molar refractivity (Wildman–Crippen MR) is 43.4 cm³/mol. The van der Waals surface area contributed by atoms with Gasteiger partial charge < -0.3 is 14.6 Å². The van der Waals surface area contributed by atoms with Crippen molar-refractivity contribution >= 4 is 5.97 Å². The number of aliphatic carboxylic acids is 1. The second-order valence-electron chi connectivity index (χ2n) is 2.68. The number of benzene rings is 1. The first-order valence-corrected chi connectivity index (χ1v) is 3.85. The summed E-state index contributed by atoms with van der Waals surface area (Å²) in [5, 5.41) is 8.80. The smallest absolute Gasteiger partial charge is 0.337 e. The Morgan fingerprint density at radius 2 is 2.23 bits per heavy atom. The number of carboxylic acid groups (broad SMARTS) is 1. The van der Waals surface area contributed by atoms with Crippen LogP contribution in [0.5, 0.6) is 5.75 Å². The Hall–Kier alpha value is -1.55. The molecule has 1 aromatic rings. The molecule has 68 valence electrons. The van der Waals surface area contributed by atoms with E-state index in [-0.39, 0.29) is 6.79 Å². The molecule has 1 atom stereocenters. The third-order valence-corrected chi connectivity index (χ3v) is 1.87. The summed E-state index contributed by atoms with van der Waals surface area (Å²) in [5.74, 6) is -0.406. The molecule has 1 aromatic carbocycles. The fourth-order valence-electron chi connectivity index (χ4n) is 1.29. The number of carbonyl (C=O) groups is 1. The number of ether oxygens (including phenoxy) is 2. The molecule has 0 spiro atoms. The summed E-state index contributed by atoms with van der Waals surface area (Å²) in [4.78, 5) is 10.7. The molecule has 4 nitrogen and oxygen atoms in total. The van der Waals surface area contributed by atoms with Crippen LogP contribution in [0.25, 0.3) is 0 Å². The van der Waals surface area contributed by atoms with E-state index in [9.17, 15) is 4.79 Å². The molecule has 0 aromatic heterocycles. The first kappa shape index (κ1) is 8.07. The second kappa shape index (κ2) is 3.06. The average molecular weight is 180 g/mol. The maximum atomic E-state index is 10.7. The van der Waals surface area contributed by atoms with Gasteiger partial charge in [-0.25, -0.2) is 4.79 Å². The molecule has 1 N–H and O–H groups in total. The van der Waals surface area contributed by atoms with E-state index >= 15 is 0 Å². The van der Waals surface area contributed by atoms with E-state index in [0.717, 1.165) is 0 Å². The molecule has 0 aliphatic carbocycles. The van der Waals surface area contributed by atoms with Crippen LogP contribution in [0.2, 0.25) is 0 Å². The van der Waals surface area contributed by atoms with Gasteiger partial charge in [0.15, 0.2) is 12.9 Å². The molecule has 1 aliphatic rings. The van der Waals surface area contributed by atoms with Gasteiger partial charge in [0.1, 0.15) is 5.75 Å². The molecule has 0 saturated carbocycles. The van der Waals surface area contributed by atoms with Gasteiger partial charge in [0.2, 0.25) is 0 Å². The normalized spacial score (nSPS) is 20.2. The summed E-state index contributed by atoms with van der Waals surface area (Å²) in [6.45, 7) is -0.00597. The van der Waals surface area contributed by atoms with Crippen LogP contribution in [0.1, 0.15) is 11.7 Å². The quantitative estimate of drug-likeness (QED) is 0.705. The molecule has 13 heavy (non-hydrogen) atoms. The van der Waals surface area contributed by atoms with Crippen molar-refractivity contribution in [2.24, 2.45) is 0 Å². The Balaban J connectivity index is 2.42. The van der Waals surface area contributed by atoms with Crippen LogP contribution < -0.4 is 4.74 Å². The number of hydrogen-bond acceptors (Lipinski definition) is 3. The largest absolute Gasteiger partial charge is 0.479 e. The highest BCUT2D eigenvalue weighted by molar-refractivity contribution is 5.75. The molecule has 0 fully saturated rings. The Labute approximate surface area is 74.7 Å². The minimum atomic E-state index is -0.990. The van der Waals surface area contributed by atoms with Gasteiger partial charge in [-0.1, -0.05) is 18.2 Å². The number of carboxylic acids is 1. The third kappa shape index (κ3) is 1.36. The number of fused-ring (bicyclic) bond motifs is 1. The van der Waals surface area contributed by atoms with E-state index in [0.29, 0.717) is 11.3 Å². The van der Waals surface area contributed by atoms with E-state index in [1.807, 2.05) is 0 Å². The third-order valence-electron chi connectivity index (χ3n) is 1.87. The predicted octanol–water partition coefficient (Wildman–Crippen LogP) is 1.18. The lowest BCUT2D eigenvalue weighted by molar-refractivity contribution is -0.159. The summed E-state index contributed by atoms with van der Waals surface area (Å²) < 4.78 is 10.1. The Morgan fingerprint density at radius 1 is 1.46 bits per heavy atom. The molecule has 1 aliphatic heterocycles. The van der Waals surface area contributed by atoms with Crippen LogP contribution >= 0.6 is 0 Å². The van der Waals surface area contributed by atoms with Crippen molar-refractivity contribution in [3.05, 3.63) is 29.8 Å². The zero-order valence-corrected chi connectivity index (χ0v) is 6.77. The Bertz CT molecular complexity index is 334. The van der Waals surface area contributed by atoms with Gasteiger partial charge in [-0.3, -0.25) is 0 Å². The average Bonchev–Trinajstić information content (AvgIpc) is 2.17. The van der Waals surface area contributed by atoms with E-state index in [1.54, 1.807) is 24.3 Å². The van der Waals surface area contributed by atoms with Crippen molar-refractivity contribution in [3.63, 3.8) is 0 Å². The molecule has 4 heteroatoms. The maximum Gasteiger partial charge on any atom is 0.337 e. The van der Waals surface area contributed by atoms with Gasteiger partial charge in [0, 0.05) is 5.56 Å². The van der Waals surface area contributed by atoms with Crippen molar-refractivity contribution < 1.29 is 19.4 Å². The fraction of sp³-hybridized carbons (Fsp3) is 0.222. The zero-order chi connectivity index (χ0) is 9.26. The van der Waals surface area contributed by atoms with E-state index in [4.69, 9.17) is 14.6 Å². The van der Waals surface area contributed by atoms with Crippen molar-refractivity contribution in [2.75, 3.05) is 6.79 Å². The standard InChI is InChI=1S/C9H8O4/c10-9(11)8-6-3-1-2-4-7(6)12-5-13-8/h1-4,8H,5H2,(H,10,11)/t8-/m1/s1. The van der Waals surface area contributed by atoms with E-state index in [1.165, 1.54) is 0 Å². The highest BCUT2D eigenvalue weighted by atomic mass is 16.7. The van der Waals surface area contributed by atoms with Gasteiger partial charge in [-0.05, 0) is 6.07 Å². The molecule has 0 unspecified atom stereocenters. The first-order chi connectivity index (χ1) is 6.29. The lowest BCUT2D eigenvalue weighted by Crippen LogP contribution is -2.23. The number of para-hydroxylation sites is 1. The maximum absolute atomic E-state index is 10.7. The van der Waals surface area contributed by atoms with Gasteiger partial charge in [0.25, 0.3) is 0 Å². The van der Waals surface area contributed by atoms with E-state index < -0.39 is 12.1 Å². The van der Waals surface area contributed by atoms with Gasteiger partial charge >= 0.3 is 5.97 Å². The minimum absolute atomic E-state index is 0.00597. The summed E-state index contributed by atoms with van der Waals surface area (Å²) in [5.41, 5.74) is 0.571. The molecule has 0 radical (unpaired) electrons. The summed E-state index contributed by atoms with van der Waals surface area (Å²) in [6.07, 6.45) is -0.898. The molecular weight excluding hydrogens is 172 g/mol. The van der Waals surface area contributed by atoms with Gasteiger partial charge in [-0.15, -0.1) is 0 Å². The number of rotatable bonds is 1. The highest BCUT2D eigenvalue weighted by Gasteiger charge is 2.27. The molecule has 2 rings (SSSR count). The molecule has 0 bridgehead atoms. The zero-order valence-electron chi connectivity index (χ0n) is 6.77. The second-order valence-corrected chi connectivity index (χ2v) is 2.68. The molecular formula is C9H8O4. The molecule has 0 saturated heterocycles. The molecule has 1 heterocycles. The lowest BCUT2D eigenvalue weighted by Gasteiger charge is -2.22. The Morgan fingerprint density at radius 3 is 3.00 bits per heavy atom. The van der Waals surface area contributed by atoms with Gasteiger partial charge in [0.05, 0.1) is 0 Å². The van der Waals surface area contributed by atoms with E-state index in [2.05, 4.69) is 0 Å². The van der Waals surface area contributed by atoms with Crippen LogP contribution in [0.4, 0.5) is 0 Å². The highest BCUT2D eigenvalue weighted by Crippen LogP contribution is 2.31.